The van der Waals surface area contributed by atoms with Crippen molar-refractivity contribution in [3.8, 4) is 28.3 Å². The predicted octanol–water partition coefficient (Wildman–Crippen LogP) is 10.2. The highest BCUT2D eigenvalue weighted by molar-refractivity contribution is 6.08. The van der Waals surface area contributed by atoms with Gasteiger partial charge in [-0.1, -0.05) is 111 Å². The Morgan fingerprint density at radius 3 is 2.08 bits per heavy atom. The summed E-state index contributed by atoms with van der Waals surface area (Å²) in [5, 5.41) is 12.1. The van der Waals surface area contributed by atoms with Gasteiger partial charge in [-0.3, -0.25) is 0 Å². The smallest absolute Gasteiger partial charge is 0.0992 e. The van der Waals surface area contributed by atoms with Crippen molar-refractivity contribution in [2.75, 3.05) is 4.90 Å². The number of hydrogen-bond acceptors (Lipinski definition) is 2. The maximum atomic E-state index is 9.77. The molecular weight excluding hydrogens is 484 g/mol. The minimum absolute atomic E-state index is 0.0596. The third-order valence-electron chi connectivity index (χ3n) is 8.27. The predicted molar refractivity (Wildman–Crippen MR) is 166 cm³/mol. The average molecular weight is 513 g/mol. The van der Waals surface area contributed by atoms with E-state index in [0.717, 1.165) is 17.1 Å². The van der Waals surface area contributed by atoms with Gasteiger partial charge in [0.05, 0.1) is 17.3 Å². The normalized spacial score (nSPS) is 12.9. The summed E-state index contributed by atoms with van der Waals surface area (Å²) in [5.41, 5.74) is 11.3. The van der Waals surface area contributed by atoms with Gasteiger partial charge in [-0.15, -0.1) is 0 Å². The van der Waals surface area contributed by atoms with Crippen LogP contribution in [0, 0.1) is 11.3 Å². The van der Waals surface area contributed by atoms with Crippen LogP contribution in [0.3, 0.4) is 0 Å². The first-order valence-electron chi connectivity index (χ1n) is 13.7. The molecule has 0 saturated carbocycles. The van der Waals surface area contributed by atoms with Crippen LogP contribution in [-0.4, -0.2) is 0 Å². The fourth-order valence-corrected chi connectivity index (χ4v) is 6.35. The molecule has 6 aromatic rings. The topological polar surface area (TPSA) is 27.0 Å². The molecule has 2 heteroatoms. The molecule has 0 heterocycles. The Balaban J connectivity index is 1.53. The molecule has 0 aromatic heterocycles. The van der Waals surface area contributed by atoms with Crippen molar-refractivity contribution in [1.29, 1.82) is 5.26 Å². The minimum atomic E-state index is -0.0596. The molecule has 0 atom stereocenters. The van der Waals surface area contributed by atoms with E-state index >= 15 is 0 Å². The number of nitriles is 1. The van der Waals surface area contributed by atoms with Gasteiger partial charge in [0, 0.05) is 22.2 Å². The molecule has 2 nitrogen and oxygen atoms in total. The van der Waals surface area contributed by atoms with Crippen LogP contribution in [0.25, 0.3) is 33.0 Å². The minimum Gasteiger partial charge on any atom is -0.310 e. The average Bonchev–Trinajstić information content (AvgIpc) is 3.24. The van der Waals surface area contributed by atoms with Gasteiger partial charge in [-0.25, -0.2) is 0 Å². The van der Waals surface area contributed by atoms with Gasteiger partial charge < -0.3 is 4.90 Å². The Bertz CT molecular complexity index is 1940. The third kappa shape index (κ3) is 3.71. The van der Waals surface area contributed by atoms with E-state index in [0.29, 0.717) is 5.56 Å². The molecule has 0 unspecified atom stereocenters. The van der Waals surface area contributed by atoms with Crippen LogP contribution in [-0.2, 0) is 5.41 Å². The van der Waals surface area contributed by atoms with Gasteiger partial charge in [0.25, 0.3) is 0 Å². The molecule has 0 bridgehead atoms. The van der Waals surface area contributed by atoms with Crippen molar-refractivity contribution in [3.63, 3.8) is 0 Å². The Morgan fingerprint density at radius 1 is 0.575 bits per heavy atom. The lowest BCUT2D eigenvalue weighted by Gasteiger charge is -2.29. The molecule has 0 fully saturated rings. The molecule has 190 valence electrons. The second-order valence-corrected chi connectivity index (χ2v) is 10.9. The zero-order chi connectivity index (χ0) is 27.3. The van der Waals surface area contributed by atoms with Crippen LogP contribution >= 0.6 is 0 Å². The number of nitrogens with zero attached hydrogens (tertiary/aromatic N) is 2. The Kier molecular flexibility index (Phi) is 5.54. The van der Waals surface area contributed by atoms with E-state index in [4.69, 9.17) is 0 Å². The van der Waals surface area contributed by atoms with E-state index in [-0.39, 0.29) is 5.41 Å². The largest absolute Gasteiger partial charge is 0.310 e. The van der Waals surface area contributed by atoms with E-state index in [1.165, 1.54) is 44.2 Å². The Hall–Kier alpha value is -5.13. The number of rotatable bonds is 4. The lowest BCUT2D eigenvalue weighted by atomic mass is 9.82. The molecule has 0 amide bonds. The summed E-state index contributed by atoms with van der Waals surface area (Å²) >= 11 is 0. The molecule has 0 N–H and O–H groups in total. The highest BCUT2D eigenvalue weighted by Crippen LogP contribution is 2.51. The van der Waals surface area contributed by atoms with Crippen molar-refractivity contribution in [1.82, 2.24) is 0 Å². The van der Waals surface area contributed by atoms with Gasteiger partial charge >= 0.3 is 0 Å². The fraction of sp³-hybridized carbons (Fsp3) is 0.0789. The van der Waals surface area contributed by atoms with Gasteiger partial charge in [-0.2, -0.15) is 5.26 Å². The number of fused-ring (bicyclic) bond motifs is 4. The lowest BCUT2D eigenvalue weighted by molar-refractivity contribution is 0.660. The summed E-state index contributed by atoms with van der Waals surface area (Å²) in [4.78, 5) is 2.31. The van der Waals surface area contributed by atoms with Crippen LogP contribution in [0.1, 0.15) is 30.5 Å². The summed E-state index contributed by atoms with van der Waals surface area (Å²) in [7, 11) is 0. The lowest BCUT2D eigenvalue weighted by Crippen LogP contribution is -2.15. The summed E-state index contributed by atoms with van der Waals surface area (Å²) in [6.07, 6.45) is 0. The number of anilines is 3. The summed E-state index contributed by atoms with van der Waals surface area (Å²) in [6, 6.07) is 49.4. The van der Waals surface area contributed by atoms with Gasteiger partial charge in [0.15, 0.2) is 0 Å². The van der Waals surface area contributed by atoms with Crippen LogP contribution in [0.5, 0.6) is 0 Å². The Morgan fingerprint density at radius 2 is 1.25 bits per heavy atom. The molecule has 0 saturated heterocycles. The molecule has 1 aliphatic carbocycles. The summed E-state index contributed by atoms with van der Waals surface area (Å²) < 4.78 is 0. The maximum Gasteiger partial charge on any atom is 0.0992 e. The second kappa shape index (κ2) is 9.26. The monoisotopic (exact) mass is 512 g/mol. The highest BCUT2D eigenvalue weighted by atomic mass is 15.1. The zero-order valence-corrected chi connectivity index (χ0v) is 22.6. The molecule has 1 aliphatic rings. The van der Waals surface area contributed by atoms with Gasteiger partial charge in [-0.05, 0) is 75.2 Å². The SMILES string of the molecule is CC1(C)c2ccccc2-c2cc(N(c3cccc(C#N)c3)c3cccc4cccc(-c5ccccc5)c34)ccc21. The van der Waals surface area contributed by atoms with E-state index < -0.39 is 0 Å². The molecule has 0 spiro atoms. The molecular formula is C38H28N2. The summed E-state index contributed by atoms with van der Waals surface area (Å²) in [5.74, 6) is 0. The number of hydrogen-bond donors (Lipinski definition) is 0. The molecule has 7 rings (SSSR count). The molecule has 0 aliphatic heterocycles. The van der Waals surface area contributed by atoms with Crippen molar-refractivity contribution >= 4 is 27.8 Å². The molecule has 6 aromatic carbocycles. The van der Waals surface area contributed by atoms with E-state index in [1.807, 2.05) is 18.2 Å². The third-order valence-corrected chi connectivity index (χ3v) is 8.27. The van der Waals surface area contributed by atoms with E-state index in [1.54, 1.807) is 0 Å². The van der Waals surface area contributed by atoms with Gasteiger partial charge in [0.2, 0.25) is 0 Å². The van der Waals surface area contributed by atoms with Crippen LogP contribution in [0.15, 0.2) is 133 Å². The van der Waals surface area contributed by atoms with Crippen molar-refractivity contribution in [3.05, 3.63) is 150 Å². The standard InChI is InChI=1S/C38H28N2/c1-38(2)34-19-7-6-17-32(34)33-24-30(21-22-35(33)38)40(29-16-8-11-26(23-29)25-39)36-20-10-15-28-14-9-18-31(37(28)36)27-12-4-3-5-13-27/h3-24H,1-2H3. The summed E-state index contributed by atoms with van der Waals surface area (Å²) in [6.45, 7) is 4.62. The first kappa shape index (κ1) is 23.9. The first-order valence-corrected chi connectivity index (χ1v) is 13.7. The van der Waals surface area contributed by atoms with Crippen molar-refractivity contribution < 1.29 is 0 Å². The number of benzene rings is 6. The van der Waals surface area contributed by atoms with Crippen LogP contribution in [0.2, 0.25) is 0 Å². The van der Waals surface area contributed by atoms with Gasteiger partial charge in [0.1, 0.15) is 0 Å². The quantitative estimate of drug-likeness (QED) is 0.235. The van der Waals surface area contributed by atoms with Crippen LogP contribution in [0.4, 0.5) is 17.1 Å². The van der Waals surface area contributed by atoms with Crippen molar-refractivity contribution in [2.24, 2.45) is 0 Å². The van der Waals surface area contributed by atoms with Crippen LogP contribution < -0.4 is 4.90 Å². The zero-order valence-electron chi connectivity index (χ0n) is 22.6. The first-order chi connectivity index (χ1) is 19.6. The van der Waals surface area contributed by atoms with E-state index in [9.17, 15) is 5.26 Å². The molecule has 0 radical (unpaired) electrons. The van der Waals surface area contributed by atoms with Crippen molar-refractivity contribution in [2.45, 2.75) is 19.3 Å². The Labute approximate surface area is 235 Å². The maximum absolute atomic E-state index is 9.77. The fourth-order valence-electron chi connectivity index (χ4n) is 6.35. The highest BCUT2D eigenvalue weighted by Gasteiger charge is 2.35. The molecule has 40 heavy (non-hydrogen) atoms. The van der Waals surface area contributed by atoms with E-state index in [2.05, 4.69) is 140 Å². The second-order valence-electron chi connectivity index (χ2n) is 10.9.